The van der Waals surface area contributed by atoms with Crippen molar-refractivity contribution in [3.63, 3.8) is 0 Å². The molecule has 0 aromatic heterocycles. The summed E-state index contributed by atoms with van der Waals surface area (Å²) < 4.78 is 5.54. The van der Waals surface area contributed by atoms with E-state index >= 15 is 0 Å². The molecule has 15 heavy (non-hydrogen) atoms. The van der Waals surface area contributed by atoms with Crippen LogP contribution in [0, 0.1) is 6.92 Å². The first-order valence-corrected chi connectivity index (χ1v) is 6.00. The Bertz CT molecular complexity index is 372. The van der Waals surface area contributed by atoms with E-state index in [1.54, 1.807) is 11.8 Å². The van der Waals surface area contributed by atoms with Crippen LogP contribution in [0.1, 0.15) is 25.0 Å². The van der Waals surface area contributed by atoms with Gasteiger partial charge in [-0.05, 0) is 20.8 Å². The lowest BCUT2D eigenvalue weighted by atomic mass is 10.2. The van der Waals surface area contributed by atoms with Crippen molar-refractivity contribution in [2.75, 3.05) is 0 Å². The van der Waals surface area contributed by atoms with Gasteiger partial charge in [0, 0.05) is 5.56 Å². The second-order valence-electron chi connectivity index (χ2n) is 3.72. The van der Waals surface area contributed by atoms with Crippen LogP contribution in [0.4, 0.5) is 0 Å². The van der Waals surface area contributed by atoms with Gasteiger partial charge in [0.15, 0.2) is 0 Å². The fourth-order valence-electron chi connectivity index (χ4n) is 1.53. The summed E-state index contributed by atoms with van der Waals surface area (Å²) in [7, 11) is 0. The maximum absolute atomic E-state index is 5.54. The van der Waals surface area contributed by atoms with Gasteiger partial charge in [-0.2, -0.15) is 0 Å². The van der Waals surface area contributed by atoms with Crippen LogP contribution in [0.3, 0.4) is 0 Å². The number of ether oxygens (including phenoxy) is 1. The summed E-state index contributed by atoms with van der Waals surface area (Å²) in [6, 6.07) is 8.46. The number of benzene rings is 1. The summed E-state index contributed by atoms with van der Waals surface area (Å²) >= 11 is 1.68. The van der Waals surface area contributed by atoms with Crippen molar-refractivity contribution in [2.24, 2.45) is 4.99 Å². The summed E-state index contributed by atoms with van der Waals surface area (Å²) in [6.07, 6.45) is -0.0300. The van der Waals surface area contributed by atoms with Crippen LogP contribution >= 0.6 is 11.8 Å². The molecule has 0 aliphatic carbocycles. The molecule has 1 heterocycles. The standard InChI is InChI=1S/C12H15NOS/c1-8-4-6-11(7-5-8)12-13-9(2)14-10(3)15-12/h4-7,9-10H,1-3H3. The SMILES string of the molecule is Cc1ccc(C2=NC(C)OC(C)S2)cc1. The Labute approximate surface area is 94.7 Å². The zero-order chi connectivity index (χ0) is 10.8. The van der Waals surface area contributed by atoms with E-state index in [1.165, 1.54) is 11.1 Å². The van der Waals surface area contributed by atoms with Crippen molar-refractivity contribution in [1.82, 2.24) is 0 Å². The smallest absolute Gasteiger partial charge is 0.148 e. The maximum atomic E-state index is 5.54. The van der Waals surface area contributed by atoms with Gasteiger partial charge >= 0.3 is 0 Å². The second kappa shape index (κ2) is 4.37. The van der Waals surface area contributed by atoms with Crippen LogP contribution in [-0.2, 0) is 4.74 Å². The third kappa shape index (κ3) is 2.61. The van der Waals surface area contributed by atoms with E-state index in [-0.39, 0.29) is 11.7 Å². The van der Waals surface area contributed by atoms with E-state index in [1.807, 2.05) is 6.92 Å². The van der Waals surface area contributed by atoms with Crippen molar-refractivity contribution < 1.29 is 4.74 Å². The molecule has 2 atom stereocenters. The molecule has 0 spiro atoms. The predicted molar refractivity (Wildman–Crippen MR) is 65.3 cm³/mol. The highest BCUT2D eigenvalue weighted by Gasteiger charge is 2.19. The van der Waals surface area contributed by atoms with Crippen molar-refractivity contribution in [3.05, 3.63) is 35.4 Å². The highest BCUT2D eigenvalue weighted by Crippen LogP contribution is 2.26. The molecule has 80 valence electrons. The minimum absolute atomic E-state index is 0.0300. The molecule has 2 rings (SSSR count). The number of rotatable bonds is 1. The molecule has 0 amide bonds. The van der Waals surface area contributed by atoms with Gasteiger partial charge in [-0.1, -0.05) is 41.6 Å². The predicted octanol–water partition coefficient (Wildman–Crippen LogP) is 3.20. The number of hydrogen-bond acceptors (Lipinski definition) is 3. The van der Waals surface area contributed by atoms with Crippen molar-refractivity contribution >= 4 is 16.8 Å². The zero-order valence-corrected chi connectivity index (χ0v) is 10.0. The lowest BCUT2D eigenvalue weighted by molar-refractivity contribution is 0.0607. The lowest BCUT2D eigenvalue weighted by Crippen LogP contribution is -2.21. The molecule has 0 saturated heterocycles. The van der Waals surface area contributed by atoms with E-state index < -0.39 is 0 Å². The van der Waals surface area contributed by atoms with Crippen molar-refractivity contribution in [1.29, 1.82) is 0 Å². The molecule has 1 aromatic carbocycles. The number of hydrogen-bond donors (Lipinski definition) is 0. The fourth-order valence-corrected chi connectivity index (χ4v) is 2.54. The summed E-state index contributed by atoms with van der Waals surface area (Å²) in [6.45, 7) is 6.13. The molecular formula is C12H15NOS. The topological polar surface area (TPSA) is 21.6 Å². The van der Waals surface area contributed by atoms with Crippen LogP contribution < -0.4 is 0 Å². The Kier molecular flexibility index (Phi) is 3.12. The van der Waals surface area contributed by atoms with Gasteiger partial charge in [-0.3, -0.25) is 0 Å². The van der Waals surface area contributed by atoms with Crippen LogP contribution in [0.5, 0.6) is 0 Å². The van der Waals surface area contributed by atoms with Gasteiger partial charge in [0.1, 0.15) is 16.7 Å². The number of thioether (sulfide) groups is 1. The van der Waals surface area contributed by atoms with E-state index in [9.17, 15) is 0 Å². The first kappa shape index (κ1) is 10.7. The van der Waals surface area contributed by atoms with Gasteiger partial charge < -0.3 is 4.74 Å². The average molecular weight is 221 g/mol. The van der Waals surface area contributed by atoms with Crippen molar-refractivity contribution in [3.8, 4) is 0 Å². The fraction of sp³-hybridized carbons (Fsp3) is 0.417. The van der Waals surface area contributed by atoms with Crippen molar-refractivity contribution in [2.45, 2.75) is 32.4 Å². The van der Waals surface area contributed by atoms with E-state index in [0.29, 0.717) is 0 Å². The molecule has 1 aliphatic rings. The molecule has 1 aliphatic heterocycles. The zero-order valence-electron chi connectivity index (χ0n) is 9.23. The van der Waals surface area contributed by atoms with E-state index in [4.69, 9.17) is 4.74 Å². The summed E-state index contributed by atoms with van der Waals surface area (Å²) in [5.41, 5.74) is 2.65. The molecule has 2 nitrogen and oxygen atoms in total. The number of nitrogens with zero attached hydrogens (tertiary/aromatic N) is 1. The molecule has 0 bridgehead atoms. The minimum Gasteiger partial charge on any atom is -0.343 e. The van der Waals surface area contributed by atoms with Gasteiger partial charge in [-0.25, -0.2) is 4.99 Å². The number of aliphatic imine (C=N–C) groups is 1. The molecule has 1 aromatic rings. The first-order chi connectivity index (χ1) is 7.15. The van der Waals surface area contributed by atoms with Crippen LogP contribution in [0.2, 0.25) is 0 Å². The van der Waals surface area contributed by atoms with Crippen LogP contribution in [0.25, 0.3) is 0 Å². The lowest BCUT2D eigenvalue weighted by Gasteiger charge is -2.23. The molecule has 0 fully saturated rings. The largest absolute Gasteiger partial charge is 0.343 e. The first-order valence-electron chi connectivity index (χ1n) is 5.12. The highest BCUT2D eigenvalue weighted by atomic mass is 32.2. The highest BCUT2D eigenvalue weighted by molar-refractivity contribution is 8.14. The second-order valence-corrected chi connectivity index (χ2v) is 5.01. The molecule has 0 saturated carbocycles. The third-order valence-electron chi connectivity index (χ3n) is 2.26. The Morgan fingerprint density at radius 1 is 1.20 bits per heavy atom. The molecular weight excluding hydrogens is 206 g/mol. The number of aryl methyl sites for hydroxylation is 1. The van der Waals surface area contributed by atoms with Gasteiger partial charge in [0.05, 0.1) is 0 Å². The Morgan fingerprint density at radius 2 is 1.87 bits per heavy atom. The van der Waals surface area contributed by atoms with Crippen LogP contribution in [-0.4, -0.2) is 16.7 Å². The quantitative estimate of drug-likeness (QED) is 0.726. The van der Waals surface area contributed by atoms with Crippen LogP contribution in [0.15, 0.2) is 29.3 Å². The minimum atomic E-state index is -0.0300. The third-order valence-corrected chi connectivity index (χ3v) is 3.27. The Hall–Kier alpha value is -0.800. The molecule has 3 heteroatoms. The van der Waals surface area contributed by atoms with Gasteiger partial charge in [0.25, 0.3) is 0 Å². The molecule has 0 radical (unpaired) electrons. The Morgan fingerprint density at radius 3 is 2.47 bits per heavy atom. The summed E-state index contributed by atoms with van der Waals surface area (Å²) in [5, 5.41) is 1.08. The van der Waals surface area contributed by atoms with E-state index in [2.05, 4.69) is 43.1 Å². The van der Waals surface area contributed by atoms with E-state index in [0.717, 1.165) is 5.04 Å². The summed E-state index contributed by atoms with van der Waals surface area (Å²) in [4.78, 5) is 4.49. The summed E-state index contributed by atoms with van der Waals surface area (Å²) in [5.74, 6) is 0. The van der Waals surface area contributed by atoms with Gasteiger partial charge in [-0.15, -0.1) is 0 Å². The monoisotopic (exact) mass is 221 g/mol. The van der Waals surface area contributed by atoms with Gasteiger partial charge in [0.2, 0.25) is 0 Å². The molecule has 0 N–H and O–H groups in total. The Balaban J connectivity index is 2.26. The maximum Gasteiger partial charge on any atom is 0.148 e. The average Bonchev–Trinajstić information content (AvgIpc) is 2.17. The molecule has 2 unspecified atom stereocenters. The normalized spacial score (nSPS) is 26.2.